The van der Waals surface area contributed by atoms with Crippen LogP contribution in [-0.4, -0.2) is 60.9 Å². The van der Waals surface area contributed by atoms with Crippen molar-refractivity contribution >= 4 is 23.8 Å². The van der Waals surface area contributed by atoms with Crippen molar-refractivity contribution in [2.45, 2.75) is 43.7 Å². The van der Waals surface area contributed by atoms with E-state index >= 15 is 0 Å². The van der Waals surface area contributed by atoms with Gasteiger partial charge in [-0.25, -0.2) is 4.39 Å². The minimum absolute atomic E-state index is 0.0288. The number of nitrogens with two attached hydrogens (primary N) is 2. The van der Waals surface area contributed by atoms with Crippen molar-refractivity contribution in [1.29, 1.82) is 0 Å². The number of carbonyl (C=O) groups excluding carboxylic acids is 2. The second-order valence-electron chi connectivity index (χ2n) is 10.8. The molecule has 0 saturated carbocycles. The Kier molecular flexibility index (Phi) is 11.5. The molecule has 0 spiro atoms. The van der Waals surface area contributed by atoms with Gasteiger partial charge in [0.2, 0.25) is 11.8 Å². The highest BCUT2D eigenvalue weighted by Gasteiger charge is 2.33. The van der Waals surface area contributed by atoms with Crippen LogP contribution in [0.5, 0.6) is 0 Å². The van der Waals surface area contributed by atoms with Gasteiger partial charge in [0.25, 0.3) is 0 Å². The third kappa shape index (κ3) is 9.14. The van der Waals surface area contributed by atoms with Crippen LogP contribution in [-0.2, 0) is 9.59 Å². The van der Waals surface area contributed by atoms with Crippen LogP contribution >= 0.6 is 0 Å². The van der Waals surface area contributed by atoms with E-state index in [2.05, 4.69) is 52.1 Å². The summed E-state index contributed by atoms with van der Waals surface area (Å²) in [6.45, 7) is 1.94. The highest BCUT2D eigenvalue weighted by molar-refractivity contribution is 5.91. The summed E-state index contributed by atoms with van der Waals surface area (Å²) < 4.78 is 13.9. The normalized spacial score (nSPS) is 21.2. The maximum atomic E-state index is 13.9. The number of carbonyl (C=O) groups is 2. The number of aliphatic imine (C=N–C) groups is 1. The third-order valence-corrected chi connectivity index (χ3v) is 7.76. The lowest BCUT2D eigenvalue weighted by Crippen LogP contribution is -2.49. The monoisotopic (exact) mass is 572 g/mol. The molecule has 1 aliphatic heterocycles. The maximum Gasteiger partial charge on any atom is 0.244 e. The zero-order valence-corrected chi connectivity index (χ0v) is 23.9. The van der Waals surface area contributed by atoms with Crippen molar-refractivity contribution in [3.05, 3.63) is 102 Å². The van der Waals surface area contributed by atoms with Gasteiger partial charge in [-0.3, -0.25) is 14.6 Å². The van der Waals surface area contributed by atoms with E-state index in [4.69, 9.17) is 11.5 Å². The molecule has 2 aromatic rings. The Balaban J connectivity index is 1.45. The molecule has 4 atom stereocenters. The van der Waals surface area contributed by atoms with E-state index in [-0.39, 0.29) is 41.5 Å². The number of nitrogens with one attached hydrogen (secondary N) is 2. The van der Waals surface area contributed by atoms with Gasteiger partial charge in [-0.1, -0.05) is 72.8 Å². The molecule has 0 radical (unpaired) electrons. The first-order chi connectivity index (χ1) is 20.4. The second-order valence-corrected chi connectivity index (χ2v) is 10.8. The van der Waals surface area contributed by atoms with Gasteiger partial charge in [0.05, 0.1) is 6.04 Å². The van der Waals surface area contributed by atoms with E-state index in [9.17, 15) is 14.0 Å². The number of amides is 2. The number of guanidine groups is 1. The molecule has 222 valence electrons. The fourth-order valence-electron chi connectivity index (χ4n) is 5.52. The van der Waals surface area contributed by atoms with Crippen molar-refractivity contribution in [2.24, 2.45) is 22.4 Å². The molecular formula is C33H41FN6O2. The van der Waals surface area contributed by atoms with E-state index < -0.39 is 6.04 Å². The molecule has 0 aromatic heterocycles. The molecule has 2 aliphatic rings. The average Bonchev–Trinajstić information content (AvgIpc) is 3.15. The Morgan fingerprint density at radius 1 is 1.14 bits per heavy atom. The SMILES string of the molecule is NC(N)=NCCC[C@@H]1N[C@H](CNC(=O)/C=C/c2ccccc2F)CCN(CC(c2ccccc2)C2C=CC=CC2)C1=O. The van der Waals surface area contributed by atoms with Gasteiger partial charge in [-0.15, -0.1) is 0 Å². The lowest BCUT2D eigenvalue weighted by molar-refractivity contribution is -0.133. The van der Waals surface area contributed by atoms with Gasteiger partial charge in [0.15, 0.2) is 5.96 Å². The topological polar surface area (TPSA) is 126 Å². The van der Waals surface area contributed by atoms with Crippen molar-refractivity contribution in [2.75, 3.05) is 26.2 Å². The molecule has 1 fully saturated rings. The first-order valence-electron chi connectivity index (χ1n) is 14.6. The van der Waals surface area contributed by atoms with Crippen molar-refractivity contribution in [1.82, 2.24) is 15.5 Å². The maximum absolute atomic E-state index is 13.9. The zero-order valence-electron chi connectivity index (χ0n) is 23.9. The summed E-state index contributed by atoms with van der Waals surface area (Å²) in [6, 6.07) is 16.1. The Hall–Kier alpha value is -4.24. The van der Waals surface area contributed by atoms with Gasteiger partial charge >= 0.3 is 0 Å². The molecule has 1 saturated heterocycles. The number of hydrogen-bond donors (Lipinski definition) is 4. The highest BCUT2D eigenvalue weighted by atomic mass is 19.1. The molecule has 9 heteroatoms. The highest BCUT2D eigenvalue weighted by Crippen LogP contribution is 2.32. The van der Waals surface area contributed by atoms with Crippen LogP contribution in [0.1, 0.15) is 42.7 Å². The summed E-state index contributed by atoms with van der Waals surface area (Å²) in [4.78, 5) is 32.5. The Morgan fingerprint density at radius 2 is 1.93 bits per heavy atom. The minimum Gasteiger partial charge on any atom is -0.370 e. The van der Waals surface area contributed by atoms with Crippen LogP contribution in [0.4, 0.5) is 4.39 Å². The van der Waals surface area contributed by atoms with Crippen LogP contribution in [0.15, 0.2) is 90.0 Å². The number of nitrogens with zero attached hydrogens (tertiary/aromatic N) is 2. The molecule has 8 nitrogen and oxygen atoms in total. The number of rotatable bonds is 12. The second kappa shape index (κ2) is 15.7. The predicted octanol–water partition coefficient (Wildman–Crippen LogP) is 3.48. The third-order valence-electron chi connectivity index (χ3n) is 7.76. The molecule has 2 unspecified atom stereocenters. The first-order valence-corrected chi connectivity index (χ1v) is 14.6. The smallest absolute Gasteiger partial charge is 0.244 e. The molecule has 42 heavy (non-hydrogen) atoms. The van der Waals surface area contributed by atoms with Gasteiger partial charge in [0, 0.05) is 49.8 Å². The van der Waals surface area contributed by atoms with Crippen molar-refractivity contribution in [3.63, 3.8) is 0 Å². The first kappa shape index (κ1) is 30.7. The van der Waals surface area contributed by atoms with Gasteiger partial charge < -0.3 is 27.0 Å². The molecule has 2 amide bonds. The molecule has 0 bridgehead atoms. The van der Waals surface area contributed by atoms with Crippen LogP contribution in [0.3, 0.4) is 0 Å². The summed E-state index contributed by atoms with van der Waals surface area (Å²) in [7, 11) is 0. The molecule has 4 rings (SSSR count). The standard InChI is InChI=1S/C33H41FN6O2/c34-29-15-8-7-14-26(29)17-18-31(41)38-22-27-19-21-40(32(42)30(39-27)16-9-20-37-33(35)36)23-28(24-10-3-1-4-11-24)25-12-5-2-6-13-25/h1-8,10-12,14-15,17-18,25,27-28,30,39H,9,13,16,19-23H2,(H,38,41)(H4,35,36,37)/b18-17+/t25?,27-,28?,30-/m0/s1. The van der Waals surface area contributed by atoms with E-state index in [0.29, 0.717) is 51.0 Å². The largest absolute Gasteiger partial charge is 0.370 e. The quantitative estimate of drug-likeness (QED) is 0.134. The Labute approximate surface area is 247 Å². The lowest BCUT2D eigenvalue weighted by Gasteiger charge is -2.32. The number of hydrogen-bond acceptors (Lipinski definition) is 4. The van der Waals surface area contributed by atoms with Crippen LogP contribution in [0.2, 0.25) is 0 Å². The van der Waals surface area contributed by atoms with E-state index in [1.807, 2.05) is 23.1 Å². The molecule has 6 N–H and O–H groups in total. The molecule has 1 heterocycles. The summed E-state index contributed by atoms with van der Waals surface area (Å²) in [6.07, 6.45) is 14.2. The number of allylic oxidation sites excluding steroid dienone is 4. The fraction of sp³-hybridized carbons (Fsp3) is 0.364. The van der Waals surface area contributed by atoms with Gasteiger partial charge in [-0.2, -0.15) is 0 Å². The summed E-state index contributed by atoms with van der Waals surface area (Å²) in [5.41, 5.74) is 12.5. The Bertz CT molecular complexity index is 1300. The summed E-state index contributed by atoms with van der Waals surface area (Å²) in [5.74, 6) is -0.192. The van der Waals surface area contributed by atoms with Gasteiger partial charge in [-0.05, 0) is 49.3 Å². The van der Waals surface area contributed by atoms with Crippen molar-refractivity contribution in [3.8, 4) is 0 Å². The minimum atomic E-state index is -0.434. The molecule has 2 aromatic carbocycles. The van der Waals surface area contributed by atoms with E-state index in [1.54, 1.807) is 18.2 Å². The number of benzene rings is 2. The van der Waals surface area contributed by atoms with Gasteiger partial charge in [0.1, 0.15) is 5.82 Å². The fourth-order valence-corrected chi connectivity index (χ4v) is 5.52. The molecular weight excluding hydrogens is 531 g/mol. The average molecular weight is 573 g/mol. The van der Waals surface area contributed by atoms with E-state index in [1.165, 1.54) is 23.8 Å². The predicted molar refractivity (Wildman–Crippen MR) is 166 cm³/mol. The molecule has 1 aliphatic carbocycles. The zero-order chi connectivity index (χ0) is 29.7. The van der Waals surface area contributed by atoms with Crippen LogP contribution in [0, 0.1) is 11.7 Å². The number of halogens is 1. The van der Waals surface area contributed by atoms with E-state index in [0.717, 1.165) is 6.42 Å². The van der Waals surface area contributed by atoms with Crippen LogP contribution < -0.4 is 22.1 Å². The summed E-state index contributed by atoms with van der Waals surface area (Å²) >= 11 is 0. The van der Waals surface area contributed by atoms with Crippen molar-refractivity contribution < 1.29 is 14.0 Å². The lowest BCUT2D eigenvalue weighted by atomic mass is 9.81. The Morgan fingerprint density at radius 3 is 2.67 bits per heavy atom. The van der Waals surface area contributed by atoms with Crippen LogP contribution in [0.25, 0.3) is 6.08 Å². The summed E-state index contributed by atoms with van der Waals surface area (Å²) in [5, 5.41) is 6.40.